The third-order valence-electron chi connectivity index (χ3n) is 2.26. The van der Waals surface area contributed by atoms with Gasteiger partial charge in [0.25, 0.3) is 5.91 Å². The minimum absolute atomic E-state index is 0.308. The van der Waals surface area contributed by atoms with Crippen LogP contribution < -0.4 is 5.32 Å². The first-order valence-corrected chi connectivity index (χ1v) is 6.54. The van der Waals surface area contributed by atoms with E-state index in [2.05, 4.69) is 10.3 Å². The van der Waals surface area contributed by atoms with Crippen molar-refractivity contribution >= 4 is 45.9 Å². The van der Waals surface area contributed by atoms with Crippen LogP contribution in [0.15, 0.2) is 17.7 Å². The molecule has 0 saturated heterocycles. The molecule has 0 radical (unpaired) electrons. The molecule has 0 aromatic carbocycles. The zero-order chi connectivity index (χ0) is 13.8. The lowest BCUT2D eigenvalue weighted by Crippen LogP contribution is -2.24. The molecule has 0 atom stereocenters. The molecule has 0 saturated carbocycles. The Labute approximate surface area is 117 Å². The summed E-state index contributed by atoms with van der Waals surface area (Å²) in [5, 5.41) is 4.51. The highest BCUT2D eigenvalue weighted by Crippen LogP contribution is 2.22. The minimum Gasteiger partial charge on any atom is -0.452 e. The number of carbonyl (C=O) groups is 2. The summed E-state index contributed by atoms with van der Waals surface area (Å²) in [5.74, 6) is -0.991. The van der Waals surface area contributed by atoms with Crippen LogP contribution in [0.1, 0.15) is 5.69 Å². The lowest BCUT2D eigenvalue weighted by atomic mass is 10.4. The van der Waals surface area contributed by atoms with Crippen LogP contribution in [-0.4, -0.2) is 34.9 Å². The second-order valence-corrected chi connectivity index (χ2v) is 4.69. The van der Waals surface area contributed by atoms with Crippen LogP contribution in [0.5, 0.6) is 0 Å². The van der Waals surface area contributed by atoms with Crippen molar-refractivity contribution in [2.75, 3.05) is 13.7 Å². The third kappa shape index (κ3) is 3.12. The number of halogens is 1. The summed E-state index contributed by atoms with van der Waals surface area (Å²) < 4.78 is 6.48. The number of hydrogen-bond acceptors (Lipinski definition) is 5. The van der Waals surface area contributed by atoms with Gasteiger partial charge in [-0.2, -0.15) is 0 Å². The van der Waals surface area contributed by atoms with Gasteiger partial charge in [0.05, 0.1) is 5.69 Å². The van der Waals surface area contributed by atoms with E-state index in [9.17, 15) is 9.59 Å². The Balaban J connectivity index is 2.05. The number of thiazole rings is 1. The largest absolute Gasteiger partial charge is 0.452 e. The lowest BCUT2D eigenvalue weighted by molar-refractivity contribution is -0.143. The van der Waals surface area contributed by atoms with E-state index in [-0.39, 0.29) is 12.5 Å². The second-order valence-electron chi connectivity index (χ2n) is 3.46. The molecular formula is C11H10ClN3O3S. The number of carbonyl (C=O) groups excluding carboxylic acids is 2. The van der Waals surface area contributed by atoms with Crippen molar-refractivity contribution in [1.29, 1.82) is 0 Å². The molecule has 8 heteroatoms. The maximum atomic E-state index is 11.4. The van der Waals surface area contributed by atoms with E-state index in [1.807, 2.05) is 5.38 Å². The summed E-state index contributed by atoms with van der Waals surface area (Å²) >= 11 is 7.39. The molecule has 0 aliphatic heterocycles. The van der Waals surface area contributed by atoms with E-state index in [0.29, 0.717) is 10.8 Å². The van der Waals surface area contributed by atoms with Gasteiger partial charge in [-0.3, -0.25) is 9.20 Å². The van der Waals surface area contributed by atoms with E-state index < -0.39 is 5.97 Å². The predicted molar refractivity (Wildman–Crippen MR) is 72.1 cm³/mol. The highest BCUT2D eigenvalue weighted by Gasteiger charge is 2.09. The number of nitrogens with zero attached hydrogens (tertiary/aromatic N) is 2. The van der Waals surface area contributed by atoms with E-state index >= 15 is 0 Å². The highest BCUT2D eigenvalue weighted by atomic mass is 35.5. The summed E-state index contributed by atoms with van der Waals surface area (Å²) in [7, 11) is 1.46. The van der Waals surface area contributed by atoms with Gasteiger partial charge in [-0.05, 0) is 6.08 Å². The van der Waals surface area contributed by atoms with Gasteiger partial charge in [-0.15, -0.1) is 11.3 Å². The minimum atomic E-state index is -0.621. The maximum Gasteiger partial charge on any atom is 0.331 e. The third-order valence-corrected chi connectivity index (χ3v) is 3.29. The fourth-order valence-corrected chi connectivity index (χ4v) is 2.34. The Morgan fingerprint density at radius 1 is 1.63 bits per heavy atom. The van der Waals surface area contributed by atoms with Gasteiger partial charge >= 0.3 is 5.97 Å². The van der Waals surface area contributed by atoms with Crippen molar-refractivity contribution in [1.82, 2.24) is 14.7 Å². The summed E-state index contributed by atoms with van der Waals surface area (Å²) in [4.78, 5) is 27.1. The van der Waals surface area contributed by atoms with Gasteiger partial charge in [-0.1, -0.05) is 11.6 Å². The molecule has 0 unspecified atom stereocenters. The normalized spacial score (nSPS) is 11.1. The number of likely N-dealkylation sites (N-methyl/N-ethyl adjacent to an activating group) is 1. The van der Waals surface area contributed by atoms with Gasteiger partial charge < -0.3 is 10.1 Å². The number of amides is 1. The Morgan fingerprint density at radius 3 is 3.16 bits per heavy atom. The summed E-state index contributed by atoms with van der Waals surface area (Å²) in [6.07, 6.45) is 4.51. The molecule has 0 bridgehead atoms. The van der Waals surface area contributed by atoms with Gasteiger partial charge in [-0.25, -0.2) is 9.78 Å². The van der Waals surface area contributed by atoms with Gasteiger partial charge in [0.15, 0.2) is 16.7 Å². The molecule has 1 N–H and O–H groups in total. The molecule has 2 heterocycles. The van der Waals surface area contributed by atoms with Crippen molar-refractivity contribution < 1.29 is 14.3 Å². The standard InChI is InChI=1S/C11H10ClN3O3S/c1-13-8(16)6-18-9(17)3-2-7-10(12)14-11-15(7)4-5-19-11/h2-5H,6H2,1H3,(H,13,16). The fourth-order valence-electron chi connectivity index (χ4n) is 1.33. The molecule has 0 aliphatic rings. The van der Waals surface area contributed by atoms with Crippen LogP contribution >= 0.6 is 22.9 Å². The number of nitrogens with one attached hydrogen (secondary N) is 1. The van der Waals surface area contributed by atoms with Crippen molar-refractivity contribution in [3.8, 4) is 0 Å². The first kappa shape index (κ1) is 13.6. The van der Waals surface area contributed by atoms with Crippen molar-refractivity contribution in [2.24, 2.45) is 0 Å². The average Bonchev–Trinajstić information content (AvgIpc) is 2.94. The van der Waals surface area contributed by atoms with Gasteiger partial charge in [0.2, 0.25) is 0 Å². The van der Waals surface area contributed by atoms with Crippen LogP contribution in [0, 0.1) is 0 Å². The van der Waals surface area contributed by atoms with Crippen LogP contribution in [0.25, 0.3) is 11.0 Å². The number of esters is 1. The van der Waals surface area contributed by atoms with Gasteiger partial charge in [0.1, 0.15) is 0 Å². The summed E-state index contributed by atoms with van der Waals surface area (Å²) in [5.41, 5.74) is 0.592. The van der Waals surface area contributed by atoms with E-state index in [1.54, 1.807) is 10.6 Å². The number of rotatable bonds is 4. The number of aromatic nitrogens is 2. The molecule has 100 valence electrons. The van der Waals surface area contributed by atoms with E-state index in [4.69, 9.17) is 16.3 Å². The Hall–Kier alpha value is -1.86. The first-order valence-electron chi connectivity index (χ1n) is 5.28. The van der Waals surface area contributed by atoms with Crippen LogP contribution in [0.4, 0.5) is 0 Å². The second kappa shape index (κ2) is 5.85. The Bertz CT molecular complexity index is 647. The summed E-state index contributed by atoms with van der Waals surface area (Å²) in [6.45, 7) is -0.312. The average molecular weight is 300 g/mol. The molecule has 2 aromatic heterocycles. The molecule has 0 aliphatic carbocycles. The number of imidazole rings is 1. The zero-order valence-corrected chi connectivity index (χ0v) is 11.5. The SMILES string of the molecule is CNC(=O)COC(=O)C=Cc1c(Cl)nc2sccn12. The summed E-state index contributed by atoms with van der Waals surface area (Å²) in [6, 6.07) is 0. The lowest BCUT2D eigenvalue weighted by Gasteiger charge is -1.99. The van der Waals surface area contributed by atoms with Crippen molar-refractivity contribution in [3.05, 3.63) is 28.5 Å². The molecule has 1 amide bonds. The van der Waals surface area contributed by atoms with Gasteiger partial charge in [0, 0.05) is 24.7 Å². The van der Waals surface area contributed by atoms with E-state index in [1.165, 1.54) is 30.5 Å². The molecule has 0 spiro atoms. The molecule has 2 aromatic rings. The first-order chi connectivity index (χ1) is 9.11. The monoisotopic (exact) mass is 299 g/mol. The number of ether oxygens (including phenoxy) is 1. The smallest absolute Gasteiger partial charge is 0.331 e. The topological polar surface area (TPSA) is 72.7 Å². The Morgan fingerprint density at radius 2 is 2.42 bits per heavy atom. The van der Waals surface area contributed by atoms with E-state index in [0.717, 1.165) is 4.96 Å². The van der Waals surface area contributed by atoms with Crippen molar-refractivity contribution in [2.45, 2.75) is 0 Å². The van der Waals surface area contributed by atoms with Crippen LogP contribution in [0.3, 0.4) is 0 Å². The zero-order valence-electron chi connectivity index (χ0n) is 9.92. The molecule has 2 rings (SSSR count). The molecule has 19 heavy (non-hydrogen) atoms. The molecule has 0 fully saturated rings. The van der Waals surface area contributed by atoms with Crippen LogP contribution in [-0.2, 0) is 14.3 Å². The maximum absolute atomic E-state index is 11.4. The number of fused-ring (bicyclic) bond motifs is 1. The number of hydrogen-bond donors (Lipinski definition) is 1. The highest BCUT2D eigenvalue weighted by molar-refractivity contribution is 7.15. The molecular weight excluding hydrogens is 290 g/mol. The fraction of sp³-hybridized carbons (Fsp3) is 0.182. The van der Waals surface area contributed by atoms with Crippen molar-refractivity contribution in [3.63, 3.8) is 0 Å². The Kier molecular flexibility index (Phi) is 4.18. The molecule has 6 nitrogen and oxygen atoms in total. The predicted octanol–water partition coefficient (Wildman–Crippen LogP) is 1.35. The quantitative estimate of drug-likeness (QED) is 0.683. The van der Waals surface area contributed by atoms with Crippen LogP contribution in [0.2, 0.25) is 5.15 Å².